The molecule has 0 spiro atoms. The van der Waals surface area contributed by atoms with Crippen molar-refractivity contribution in [1.82, 2.24) is 0 Å². The van der Waals surface area contributed by atoms with Gasteiger partial charge in [-0.15, -0.1) is 0 Å². The second-order valence-electron chi connectivity index (χ2n) is 3.56. The van der Waals surface area contributed by atoms with E-state index < -0.39 is 17.4 Å². The van der Waals surface area contributed by atoms with Crippen molar-refractivity contribution in [2.24, 2.45) is 0 Å². The normalized spacial score (nSPS) is 9.83. The number of nitriles is 1. The Hall–Kier alpha value is -2.61. The summed E-state index contributed by atoms with van der Waals surface area (Å²) in [5.74, 6) is -2.21. The SMILES string of the molecule is N#Cc1cc(F)c(Oc2cccc(N)c2)c(F)c1. The van der Waals surface area contributed by atoms with Gasteiger partial charge in [0.1, 0.15) is 5.75 Å². The number of nitrogens with two attached hydrogens (primary N) is 1. The highest BCUT2D eigenvalue weighted by molar-refractivity contribution is 5.46. The van der Waals surface area contributed by atoms with E-state index in [9.17, 15) is 8.78 Å². The highest BCUT2D eigenvalue weighted by Crippen LogP contribution is 2.29. The number of hydrogen-bond donors (Lipinski definition) is 1. The van der Waals surface area contributed by atoms with Gasteiger partial charge in [-0.05, 0) is 24.3 Å². The molecule has 18 heavy (non-hydrogen) atoms. The van der Waals surface area contributed by atoms with Gasteiger partial charge in [-0.2, -0.15) is 5.26 Å². The Labute approximate surface area is 102 Å². The number of anilines is 1. The summed E-state index contributed by atoms with van der Waals surface area (Å²) in [5, 5.41) is 8.56. The van der Waals surface area contributed by atoms with Crippen LogP contribution in [0.2, 0.25) is 0 Å². The number of nitrogens with zero attached hydrogens (tertiary/aromatic N) is 1. The third-order valence-electron chi connectivity index (χ3n) is 2.21. The summed E-state index contributed by atoms with van der Waals surface area (Å²) in [6.45, 7) is 0. The lowest BCUT2D eigenvalue weighted by atomic mass is 10.2. The molecule has 0 heterocycles. The molecule has 0 radical (unpaired) electrons. The Balaban J connectivity index is 2.38. The maximum Gasteiger partial charge on any atom is 0.198 e. The monoisotopic (exact) mass is 246 g/mol. The van der Waals surface area contributed by atoms with Crippen LogP contribution in [0.15, 0.2) is 36.4 Å². The molecule has 90 valence electrons. The fraction of sp³-hybridized carbons (Fsp3) is 0. The Morgan fingerprint density at radius 2 is 1.78 bits per heavy atom. The molecule has 2 aromatic carbocycles. The number of ether oxygens (including phenoxy) is 1. The Kier molecular flexibility index (Phi) is 3.11. The van der Waals surface area contributed by atoms with Gasteiger partial charge in [0.25, 0.3) is 0 Å². The zero-order valence-corrected chi connectivity index (χ0v) is 9.15. The van der Waals surface area contributed by atoms with Crippen LogP contribution in [-0.2, 0) is 0 Å². The minimum Gasteiger partial charge on any atom is -0.451 e. The van der Waals surface area contributed by atoms with Crippen molar-refractivity contribution in [3.05, 3.63) is 53.6 Å². The van der Waals surface area contributed by atoms with Crippen molar-refractivity contribution in [2.75, 3.05) is 5.73 Å². The molecule has 0 saturated carbocycles. The van der Waals surface area contributed by atoms with Gasteiger partial charge >= 0.3 is 0 Å². The second kappa shape index (κ2) is 4.72. The largest absolute Gasteiger partial charge is 0.451 e. The highest BCUT2D eigenvalue weighted by atomic mass is 19.1. The Bertz CT molecular complexity index is 612. The molecule has 0 atom stereocenters. The first-order valence-electron chi connectivity index (χ1n) is 5.02. The highest BCUT2D eigenvalue weighted by Gasteiger charge is 2.13. The quantitative estimate of drug-likeness (QED) is 0.827. The minimum absolute atomic E-state index is 0.107. The summed E-state index contributed by atoms with van der Waals surface area (Å²) in [6.07, 6.45) is 0. The van der Waals surface area contributed by atoms with Crippen molar-refractivity contribution >= 4 is 5.69 Å². The number of rotatable bonds is 2. The molecule has 0 saturated heterocycles. The van der Waals surface area contributed by atoms with E-state index in [0.717, 1.165) is 12.1 Å². The van der Waals surface area contributed by atoms with Crippen LogP contribution in [0.3, 0.4) is 0 Å². The van der Waals surface area contributed by atoms with Crippen LogP contribution in [0.4, 0.5) is 14.5 Å². The van der Waals surface area contributed by atoms with Gasteiger partial charge in [-0.3, -0.25) is 0 Å². The molecule has 0 aliphatic carbocycles. The van der Waals surface area contributed by atoms with Crippen LogP contribution >= 0.6 is 0 Å². The molecule has 0 amide bonds. The summed E-state index contributed by atoms with van der Waals surface area (Å²) in [6, 6.07) is 9.66. The van der Waals surface area contributed by atoms with Crippen LogP contribution in [0.1, 0.15) is 5.56 Å². The van der Waals surface area contributed by atoms with Crippen LogP contribution in [0.5, 0.6) is 11.5 Å². The topological polar surface area (TPSA) is 59.0 Å². The van der Waals surface area contributed by atoms with Gasteiger partial charge < -0.3 is 10.5 Å². The Morgan fingerprint density at radius 3 is 2.33 bits per heavy atom. The average Bonchev–Trinajstić information content (AvgIpc) is 2.33. The van der Waals surface area contributed by atoms with Crippen LogP contribution in [0.25, 0.3) is 0 Å². The van der Waals surface area contributed by atoms with Gasteiger partial charge in [0.2, 0.25) is 0 Å². The van der Waals surface area contributed by atoms with Crippen LogP contribution in [-0.4, -0.2) is 0 Å². The number of hydrogen-bond acceptors (Lipinski definition) is 3. The van der Waals surface area contributed by atoms with Crippen molar-refractivity contribution in [1.29, 1.82) is 5.26 Å². The molecule has 0 unspecified atom stereocenters. The molecule has 5 heteroatoms. The van der Waals surface area contributed by atoms with Crippen molar-refractivity contribution < 1.29 is 13.5 Å². The van der Waals surface area contributed by atoms with E-state index in [1.807, 2.05) is 0 Å². The maximum absolute atomic E-state index is 13.5. The molecule has 2 N–H and O–H groups in total. The van der Waals surface area contributed by atoms with Gasteiger partial charge in [0.05, 0.1) is 11.6 Å². The van der Waals surface area contributed by atoms with E-state index in [-0.39, 0.29) is 11.3 Å². The summed E-state index contributed by atoms with van der Waals surface area (Å²) in [4.78, 5) is 0. The maximum atomic E-state index is 13.5. The molecule has 0 aliphatic heterocycles. The molecule has 0 aromatic heterocycles. The number of nitrogen functional groups attached to an aromatic ring is 1. The fourth-order valence-corrected chi connectivity index (χ4v) is 1.42. The smallest absolute Gasteiger partial charge is 0.198 e. The average molecular weight is 246 g/mol. The standard InChI is InChI=1S/C13H8F2N2O/c14-11-4-8(7-16)5-12(15)13(11)18-10-3-1-2-9(17)6-10/h1-6H,17H2. The fourth-order valence-electron chi connectivity index (χ4n) is 1.42. The summed E-state index contributed by atoms with van der Waals surface area (Å²) < 4.78 is 32.2. The van der Waals surface area contributed by atoms with E-state index in [1.165, 1.54) is 12.1 Å². The first-order chi connectivity index (χ1) is 8.60. The van der Waals surface area contributed by atoms with Crippen molar-refractivity contribution in [3.63, 3.8) is 0 Å². The van der Waals surface area contributed by atoms with Gasteiger partial charge in [-0.1, -0.05) is 6.07 Å². The molecule has 0 bridgehead atoms. The Morgan fingerprint density at radius 1 is 1.11 bits per heavy atom. The molecule has 0 fully saturated rings. The molecular formula is C13H8F2N2O. The molecule has 2 rings (SSSR count). The van der Waals surface area contributed by atoms with Crippen LogP contribution in [0, 0.1) is 23.0 Å². The molecule has 0 aliphatic rings. The number of benzene rings is 2. The van der Waals surface area contributed by atoms with Crippen molar-refractivity contribution in [3.8, 4) is 17.6 Å². The molecule has 2 aromatic rings. The van der Waals surface area contributed by atoms with Crippen LogP contribution < -0.4 is 10.5 Å². The predicted molar refractivity (Wildman–Crippen MR) is 62.0 cm³/mol. The third kappa shape index (κ3) is 2.38. The van der Waals surface area contributed by atoms with Gasteiger partial charge in [0, 0.05) is 11.8 Å². The summed E-state index contributed by atoms with van der Waals surface area (Å²) >= 11 is 0. The summed E-state index contributed by atoms with van der Waals surface area (Å²) in [7, 11) is 0. The van der Waals surface area contributed by atoms with Crippen molar-refractivity contribution in [2.45, 2.75) is 0 Å². The summed E-state index contributed by atoms with van der Waals surface area (Å²) in [5.41, 5.74) is 5.84. The van der Waals surface area contributed by atoms with Gasteiger partial charge in [0.15, 0.2) is 17.4 Å². The lowest BCUT2D eigenvalue weighted by molar-refractivity contribution is 0.407. The van der Waals surface area contributed by atoms with E-state index >= 15 is 0 Å². The predicted octanol–water partition coefficient (Wildman–Crippen LogP) is 3.21. The minimum atomic E-state index is -0.936. The first kappa shape index (κ1) is 11.9. The van der Waals surface area contributed by atoms with Gasteiger partial charge in [-0.25, -0.2) is 8.78 Å². The van der Waals surface area contributed by atoms with E-state index in [4.69, 9.17) is 15.7 Å². The lowest BCUT2D eigenvalue weighted by Crippen LogP contribution is -1.95. The second-order valence-corrected chi connectivity index (χ2v) is 3.56. The lowest BCUT2D eigenvalue weighted by Gasteiger charge is -2.08. The zero-order valence-electron chi connectivity index (χ0n) is 9.15. The number of halogens is 2. The first-order valence-corrected chi connectivity index (χ1v) is 5.02. The van der Waals surface area contributed by atoms with E-state index in [1.54, 1.807) is 18.2 Å². The molecule has 3 nitrogen and oxygen atoms in total. The zero-order chi connectivity index (χ0) is 13.1. The van der Waals surface area contributed by atoms with E-state index in [2.05, 4.69) is 0 Å². The van der Waals surface area contributed by atoms with E-state index in [0.29, 0.717) is 5.69 Å². The molecular weight excluding hydrogens is 238 g/mol. The third-order valence-corrected chi connectivity index (χ3v) is 2.21.